The Labute approximate surface area is 144 Å². The monoisotopic (exact) mass is 328 g/mol. The molecule has 0 radical (unpaired) electrons. The molecule has 0 spiro atoms. The maximum absolute atomic E-state index is 12.9. The molecule has 1 N–H and O–H groups in total. The van der Waals surface area contributed by atoms with E-state index in [9.17, 15) is 9.59 Å². The third-order valence-electron chi connectivity index (χ3n) is 5.61. The van der Waals surface area contributed by atoms with Gasteiger partial charge in [0.25, 0.3) is 0 Å². The van der Waals surface area contributed by atoms with Crippen LogP contribution in [-0.4, -0.2) is 28.3 Å². The topological polar surface area (TPSA) is 49.4 Å². The van der Waals surface area contributed by atoms with Crippen molar-refractivity contribution in [2.24, 2.45) is 0 Å². The average molecular weight is 328 g/mol. The summed E-state index contributed by atoms with van der Waals surface area (Å²) in [6.45, 7) is 4.48. The Morgan fingerprint density at radius 1 is 1.21 bits per heavy atom. The molecule has 4 nitrogen and oxygen atoms in total. The smallest absolute Gasteiger partial charge is 0.245 e. The van der Waals surface area contributed by atoms with Crippen molar-refractivity contribution >= 4 is 11.8 Å². The fourth-order valence-electron chi connectivity index (χ4n) is 3.86. The van der Waals surface area contributed by atoms with Gasteiger partial charge in [-0.25, -0.2) is 0 Å². The van der Waals surface area contributed by atoms with Crippen LogP contribution in [0, 0.1) is 6.92 Å². The van der Waals surface area contributed by atoms with Crippen molar-refractivity contribution in [3.05, 3.63) is 35.4 Å². The largest absolute Gasteiger partial charge is 0.351 e. The van der Waals surface area contributed by atoms with Crippen LogP contribution in [0.4, 0.5) is 0 Å². The molecule has 1 saturated carbocycles. The van der Waals surface area contributed by atoms with Gasteiger partial charge in [-0.3, -0.25) is 9.59 Å². The van der Waals surface area contributed by atoms with Gasteiger partial charge < -0.3 is 10.2 Å². The number of carbonyl (C=O) groups is 2. The van der Waals surface area contributed by atoms with E-state index in [1.807, 2.05) is 26.0 Å². The van der Waals surface area contributed by atoms with Crippen molar-refractivity contribution in [1.29, 1.82) is 0 Å². The van der Waals surface area contributed by atoms with E-state index in [1.165, 1.54) is 24.8 Å². The summed E-state index contributed by atoms with van der Waals surface area (Å²) in [4.78, 5) is 27.1. The zero-order valence-electron chi connectivity index (χ0n) is 14.8. The molecular weight excluding hydrogens is 300 g/mol. The molecule has 0 aromatic heterocycles. The molecule has 24 heavy (non-hydrogen) atoms. The molecule has 1 atom stereocenters. The van der Waals surface area contributed by atoms with Crippen LogP contribution >= 0.6 is 0 Å². The van der Waals surface area contributed by atoms with Crippen LogP contribution < -0.4 is 5.32 Å². The van der Waals surface area contributed by atoms with E-state index < -0.39 is 5.54 Å². The molecule has 4 heteroatoms. The molecule has 1 aromatic carbocycles. The lowest BCUT2D eigenvalue weighted by Gasteiger charge is -2.36. The number of carbonyl (C=O) groups excluding carboxylic acids is 2. The fourth-order valence-corrected chi connectivity index (χ4v) is 3.86. The highest BCUT2D eigenvalue weighted by atomic mass is 16.2. The molecule has 1 saturated heterocycles. The minimum Gasteiger partial charge on any atom is -0.351 e. The molecule has 2 fully saturated rings. The van der Waals surface area contributed by atoms with Crippen LogP contribution in [0.5, 0.6) is 0 Å². The molecule has 3 rings (SSSR count). The van der Waals surface area contributed by atoms with E-state index in [2.05, 4.69) is 17.4 Å². The number of nitrogens with one attached hydrogen (secondary N) is 1. The lowest BCUT2D eigenvalue weighted by Crippen LogP contribution is -2.56. The molecule has 1 unspecified atom stereocenters. The number of rotatable bonds is 4. The molecule has 2 aliphatic rings. The molecule has 130 valence electrons. The first-order valence-electron chi connectivity index (χ1n) is 9.16. The number of likely N-dealkylation sites (tertiary alicyclic amines) is 1. The van der Waals surface area contributed by atoms with Gasteiger partial charge in [0.2, 0.25) is 11.8 Å². The summed E-state index contributed by atoms with van der Waals surface area (Å²) in [5, 5.41) is 3.21. The first-order chi connectivity index (χ1) is 11.5. The summed E-state index contributed by atoms with van der Waals surface area (Å²) in [5.41, 5.74) is 1.55. The number of hydrogen-bond donors (Lipinski definition) is 1. The molecule has 1 aromatic rings. The molecule has 1 aliphatic heterocycles. The maximum atomic E-state index is 12.9. The standard InChI is InChI=1S/C20H28N2O2/c1-15-8-10-16(11-9-15)14-22-18(23)12-13-20(22,2)19(24)21-17-6-4-3-5-7-17/h8-11,17H,3-7,12-14H2,1-2H3,(H,21,24). The van der Waals surface area contributed by atoms with E-state index in [0.717, 1.165) is 18.4 Å². The minimum absolute atomic E-state index is 0.0207. The van der Waals surface area contributed by atoms with Crippen molar-refractivity contribution in [3.8, 4) is 0 Å². The van der Waals surface area contributed by atoms with Crippen molar-refractivity contribution in [2.45, 2.75) is 76.9 Å². The van der Waals surface area contributed by atoms with E-state index >= 15 is 0 Å². The van der Waals surface area contributed by atoms with Gasteiger partial charge >= 0.3 is 0 Å². The molecule has 0 bridgehead atoms. The summed E-state index contributed by atoms with van der Waals surface area (Å²) in [7, 11) is 0. The van der Waals surface area contributed by atoms with Crippen LogP contribution in [0.1, 0.15) is 63.0 Å². The van der Waals surface area contributed by atoms with Crippen LogP contribution in [-0.2, 0) is 16.1 Å². The van der Waals surface area contributed by atoms with Crippen molar-refractivity contribution in [1.82, 2.24) is 10.2 Å². The van der Waals surface area contributed by atoms with Gasteiger partial charge in [0, 0.05) is 19.0 Å². The highest BCUT2D eigenvalue weighted by Gasteiger charge is 2.47. The number of benzene rings is 1. The van der Waals surface area contributed by atoms with Gasteiger partial charge in [0.05, 0.1) is 0 Å². The van der Waals surface area contributed by atoms with Crippen LogP contribution in [0.15, 0.2) is 24.3 Å². The van der Waals surface area contributed by atoms with Crippen LogP contribution in [0.25, 0.3) is 0 Å². The van der Waals surface area contributed by atoms with E-state index in [-0.39, 0.29) is 17.9 Å². The van der Waals surface area contributed by atoms with E-state index in [4.69, 9.17) is 0 Å². The van der Waals surface area contributed by atoms with Crippen LogP contribution in [0.2, 0.25) is 0 Å². The Morgan fingerprint density at radius 2 is 1.88 bits per heavy atom. The Kier molecular flexibility index (Phi) is 4.93. The lowest BCUT2D eigenvalue weighted by molar-refractivity contribution is -0.141. The maximum Gasteiger partial charge on any atom is 0.245 e. The second kappa shape index (κ2) is 6.96. The van der Waals surface area contributed by atoms with Gasteiger partial charge in [-0.05, 0) is 38.7 Å². The summed E-state index contributed by atoms with van der Waals surface area (Å²) in [6.07, 6.45) is 6.83. The normalized spacial score (nSPS) is 25.1. The number of amides is 2. The predicted octanol–water partition coefficient (Wildman–Crippen LogP) is 3.33. The molecule has 2 amide bonds. The Hall–Kier alpha value is -1.84. The summed E-state index contributed by atoms with van der Waals surface area (Å²) in [6, 6.07) is 8.46. The Morgan fingerprint density at radius 3 is 2.54 bits per heavy atom. The Bertz CT molecular complexity index is 605. The molecular formula is C20H28N2O2. The lowest BCUT2D eigenvalue weighted by atomic mass is 9.92. The second-order valence-electron chi connectivity index (χ2n) is 7.55. The molecule has 1 heterocycles. The van der Waals surface area contributed by atoms with Crippen molar-refractivity contribution < 1.29 is 9.59 Å². The zero-order valence-corrected chi connectivity index (χ0v) is 14.8. The average Bonchev–Trinajstić information content (AvgIpc) is 2.87. The van der Waals surface area contributed by atoms with Gasteiger partial charge in [-0.15, -0.1) is 0 Å². The SMILES string of the molecule is Cc1ccc(CN2C(=O)CCC2(C)C(=O)NC2CCCCC2)cc1. The minimum atomic E-state index is -0.723. The number of hydrogen-bond acceptors (Lipinski definition) is 2. The second-order valence-corrected chi connectivity index (χ2v) is 7.55. The van der Waals surface area contributed by atoms with Gasteiger partial charge in [0.1, 0.15) is 5.54 Å². The van der Waals surface area contributed by atoms with E-state index in [1.54, 1.807) is 4.90 Å². The predicted molar refractivity (Wildman–Crippen MR) is 94.4 cm³/mol. The fraction of sp³-hybridized carbons (Fsp3) is 0.600. The third kappa shape index (κ3) is 3.47. The quantitative estimate of drug-likeness (QED) is 0.922. The summed E-state index contributed by atoms with van der Waals surface area (Å²) >= 11 is 0. The van der Waals surface area contributed by atoms with E-state index in [0.29, 0.717) is 19.4 Å². The van der Waals surface area contributed by atoms with Crippen LogP contribution in [0.3, 0.4) is 0 Å². The summed E-state index contributed by atoms with van der Waals surface area (Å²) in [5.74, 6) is 0.101. The Balaban J connectivity index is 1.72. The third-order valence-corrected chi connectivity index (χ3v) is 5.61. The highest BCUT2D eigenvalue weighted by molar-refractivity contribution is 5.94. The first kappa shape index (κ1) is 17.0. The van der Waals surface area contributed by atoms with Crippen molar-refractivity contribution in [2.75, 3.05) is 0 Å². The van der Waals surface area contributed by atoms with Gasteiger partial charge in [0.15, 0.2) is 0 Å². The highest BCUT2D eigenvalue weighted by Crippen LogP contribution is 2.32. The number of nitrogens with zero attached hydrogens (tertiary/aromatic N) is 1. The van der Waals surface area contributed by atoms with Gasteiger partial charge in [-0.2, -0.15) is 0 Å². The first-order valence-corrected chi connectivity index (χ1v) is 9.16. The molecule has 1 aliphatic carbocycles. The summed E-state index contributed by atoms with van der Waals surface area (Å²) < 4.78 is 0. The number of aryl methyl sites for hydroxylation is 1. The zero-order chi connectivity index (χ0) is 17.2. The van der Waals surface area contributed by atoms with Gasteiger partial charge in [-0.1, -0.05) is 49.1 Å². The van der Waals surface area contributed by atoms with Crippen molar-refractivity contribution in [3.63, 3.8) is 0 Å².